The Morgan fingerprint density at radius 2 is 1.72 bits per heavy atom. The minimum absolute atomic E-state index is 0.132. The predicted molar refractivity (Wildman–Crippen MR) is 71.1 cm³/mol. The molecular formula is C12H13Cl2NO3. The number of rotatable bonds is 4. The molecule has 0 atom stereocenters. The van der Waals surface area contributed by atoms with Crippen molar-refractivity contribution in [3.8, 4) is 0 Å². The van der Waals surface area contributed by atoms with E-state index in [-0.39, 0.29) is 6.42 Å². The first-order valence-electron chi connectivity index (χ1n) is 5.20. The third kappa shape index (κ3) is 4.20. The Labute approximate surface area is 115 Å². The number of carbonyl (C=O) groups excluding carboxylic acids is 1. The zero-order valence-corrected chi connectivity index (χ0v) is 11.5. The summed E-state index contributed by atoms with van der Waals surface area (Å²) in [6.45, 7) is 2.97. The van der Waals surface area contributed by atoms with Crippen molar-refractivity contribution >= 4 is 40.8 Å². The highest BCUT2D eigenvalue weighted by atomic mass is 35.5. The molecule has 1 amide bonds. The lowest BCUT2D eigenvalue weighted by atomic mass is 9.89. The number of carboxylic acid groups (broad SMARTS) is 1. The van der Waals surface area contributed by atoms with Gasteiger partial charge in [-0.15, -0.1) is 0 Å². The van der Waals surface area contributed by atoms with E-state index < -0.39 is 17.3 Å². The van der Waals surface area contributed by atoms with Gasteiger partial charge < -0.3 is 10.4 Å². The summed E-state index contributed by atoms with van der Waals surface area (Å²) in [5.74, 6) is -1.43. The van der Waals surface area contributed by atoms with Crippen molar-refractivity contribution in [2.24, 2.45) is 5.41 Å². The second-order valence-corrected chi connectivity index (χ2v) is 5.44. The maximum absolute atomic E-state index is 11.7. The first-order valence-corrected chi connectivity index (χ1v) is 5.95. The van der Waals surface area contributed by atoms with Crippen LogP contribution in [0.2, 0.25) is 10.0 Å². The van der Waals surface area contributed by atoms with Gasteiger partial charge in [-0.05, 0) is 32.0 Å². The van der Waals surface area contributed by atoms with Gasteiger partial charge in [0, 0.05) is 22.2 Å². The van der Waals surface area contributed by atoms with E-state index in [0.717, 1.165) is 0 Å². The van der Waals surface area contributed by atoms with Gasteiger partial charge in [-0.25, -0.2) is 0 Å². The normalized spacial score (nSPS) is 11.1. The Hall–Kier alpha value is -1.26. The van der Waals surface area contributed by atoms with Crippen LogP contribution in [0.15, 0.2) is 18.2 Å². The van der Waals surface area contributed by atoms with Gasteiger partial charge >= 0.3 is 5.97 Å². The first-order chi connectivity index (χ1) is 8.20. The van der Waals surface area contributed by atoms with Crippen LogP contribution >= 0.6 is 23.2 Å². The lowest BCUT2D eigenvalue weighted by molar-refractivity contribution is -0.148. The summed E-state index contributed by atoms with van der Waals surface area (Å²) in [6, 6.07) is 4.62. The fourth-order valence-electron chi connectivity index (χ4n) is 1.31. The van der Waals surface area contributed by atoms with Gasteiger partial charge in [0.05, 0.1) is 5.41 Å². The monoisotopic (exact) mass is 289 g/mol. The molecule has 0 aliphatic carbocycles. The number of benzene rings is 1. The molecule has 1 aromatic carbocycles. The number of amides is 1. The smallest absolute Gasteiger partial charge is 0.309 e. The van der Waals surface area contributed by atoms with Crippen molar-refractivity contribution < 1.29 is 14.7 Å². The van der Waals surface area contributed by atoms with Crippen LogP contribution < -0.4 is 5.32 Å². The highest BCUT2D eigenvalue weighted by Crippen LogP contribution is 2.24. The second kappa shape index (κ2) is 5.59. The predicted octanol–water partition coefficient (Wildman–Crippen LogP) is 3.43. The maximum atomic E-state index is 11.7. The second-order valence-electron chi connectivity index (χ2n) is 4.57. The van der Waals surface area contributed by atoms with E-state index in [9.17, 15) is 9.59 Å². The van der Waals surface area contributed by atoms with Crippen molar-refractivity contribution in [1.29, 1.82) is 0 Å². The largest absolute Gasteiger partial charge is 0.481 e. The van der Waals surface area contributed by atoms with E-state index in [1.807, 2.05) is 0 Å². The Kier molecular flexibility index (Phi) is 4.59. The number of halogens is 2. The van der Waals surface area contributed by atoms with Crippen LogP contribution in [-0.4, -0.2) is 17.0 Å². The summed E-state index contributed by atoms with van der Waals surface area (Å²) in [5, 5.41) is 12.3. The molecule has 0 fully saturated rings. The number of carboxylic acids is 1. The fraction of sp³-hybridized carbons (Fsp3) is 0.333. The van der Waals surface area contributed by atoms with Crippen molar-refractivity contribution in [2.75, 3.05) is 5.32 Å². The summed E-state index contributed by atoms with van der Waals surface area (Å²) in [4.78, 5) is 22.6. The molecule has 0 aromatic heterocycles. The summed E-state index contributed by atoms with van der Waals surface area (Å²) in [5.41, 5.74) is -0.675. The number of hydrogen-bond acceptors (Lipinski definition) is 2. The fourth-order valence-corrected chi connectivity index (χ4v) is 1.83. The van der Waals surface area contributed by atoms with Crippen molar-refractivity contribution in [1.82, 2.24) is 0 Å². The average molecular weight is 290 g/mol. The van der Waals surface area contributed by atoms with Crippen molar-refractivity contribution in [3.05, 3.63) is 28.2 Å². The van der Waals surface area contributed by atoms with Gasteiger partial charge in [0.1, 0.15) is 0 Å². The maximum Gasteiger partial charge on any atom is 0.309 e. The molecule has 0 spiro atoms. The third-order valence-corrected chi connectivity index (χ3v) is 2.76. The molecule has 0 saturated heterocycles. The standard InChI is InChI=1S/C12H13Cl2NO3/c1-12(2,11(17)18)6-10(16)15-9-4-7(13)3-8(14)5-9/h3-5H,6H2,1-2H3,(H,15,16)(H,17,18). The van der Waals surface area contributed by atoms with Crippen LogP contribution in [0.5, 0.6) is 0 Å². The first kappa shape index (κ1) is 14.8. The number of nitrogens with one attached hydrogen (secondary N) is 1. The minimum Gasteiger partial charge on any atom is -0.481 e. The van der Waals surface area contributed by atoms with Crippen molar-refractivity contribution in [3.63, 3.8) is 0 Å². The Morgan fingerprint density at radius 3 is 2.17 bits per heavy atom. The van der Waals surface area contributed by atoms with Crippen molar-refractivity contribution in [2.45, 2.75) is 20.3 Å². The summed E-state index contributed by atoms with van der Waals surface area (Å²) in [6.07, 6.45) is -0.132. The summed E-state index contributed by atoms with van der Waals surface area (Å²) < 4.78 is 0. The van der Waals surface area contributed by atoms with Crippen LogP contribution in [0.25, 0.3) is 0 Å². The van der Waals surface area contributed by atoms with Crippen LogP contribution in [0.3, 0.4) is 0 Å². The SMILES string of the molecule is CC(C)(CC(=O)Nc1cc(Cl)cc(Cl)c1)C(=O)O. The lowest BCUT2D eigenvalue weighted by Gasteiger charge is -2.18. The lowest BCUT2D eigenvalue weighted by Crippen LogP contribution is -2.29. The zero-order valence-electron chi connectivity index (χ0n) is 9.96. The minimum atomic E-state index is -1.12. The average Bonchev–Trinajstić information content (AvgIpc) is 2.13. The summed E-state index contributed by atoms with van der Waals surface area (Å²) >= 11 is 11.6. The highest BCUT2D eigenvalue weighted by Gasteiger charge is 2.30. The molecule has 1 aromatic rings. The molecule has 0 aliphatic heterocycles. The van der Waals surface area contributed by atoms with Crippen LogP contribution in [0.4, 0.5) is 5.69 Å². The van der Waals surface area contributed by atoms with Gasteiger partial charge in [0.15, 0.2) is 0 Å². The third-order valence-electron chi connectivity index (χ3n) is 2.33. The van der Waals surface area contributed by atoms with Crippen LogP contribution in [0, 0.1) is 5.41 Å². The molecule has 98 valence electrons. The molecule has 0 bridgehead atoms. The Bertz CT molecular complexity index is 466. The van der Waals surface area contributed by atoms with Crippen LogP contribution in [-0.2, 0) is 9.59 Å². The van der Waals surface area contributed by atoms with Gasteiger partial charge in [0.2, 0.25) is 5.91 Å². The van der Waals surface area contributed by atoms with Gasteiger partial charge in [0.25, 0.3) is 0 Å². The van der Waals surface area contributed by atoms with E-state index >= 15 is 0 Å². The molecule has 0 radical (unpaired) electrons. The number of hydrogen-bond donors (Lipinski definition) is 2. The molecule has 18 heavy (non-hydrogen) atoms. The molecule has 6 heteroatoms. The quantitative estimate of drug-likeness (QED) is 0.892. The molecule has 2 N–H and O–H groups in total. The van der Waals surface area contributed by atoms with Gasteiger partial charge in [-0.2, -0.15) is 0 Å². The molecule has 4 nitrogen and oxygen atoms in total. The molecule has 0 unspecified atom stereocenters. The van der Waals surface area contributed by atoms with E-state index in [4.69, 9.17) is 28.3 Å². The molecule has 0 aliphatic rings. The molecule has 0 saturated carbocycles. The molecular weight excluding hydrogens is 277 g/mol. The van der Waals surface area contributed by atoms with Crippen LogP contribution in [0.1, 0.15) is 20.3 Å². The molecule has 0 heterocycles. The van der Waals surface area contributed by atoms with E-state index in [2.05, 4.69) is 5.32 Å². The van der Waals surface area contributed by atoms with E-state index in [0.29, 0.717) is 15.7 Å². The Balaban J connectivity index is 2.73. The van der Waals surface area contributed by atoms with E-state index in [1.54, 1.807) is 18.2 Å². The van der Waals surface area contributed by atoms with Gasteiger partial charge in [-0.1, -0.05) is 23.2 Å². The van der Waals surface area contributed by atoms with Gasteiger partial charge in [-0.3, -0.25) is 9.59 Å². The van der Waals surface area contributed by atoms with E-state index in [1.165, 1.54) is 13.8 Å². The number of carbonyl (C=O) groups is 2. The molecule has 1 rings (SSSR count). The zero-order chi connectivity index (χ0) is 13.9. The number of aliphatic carboxylic acids is 1. The topological polar surface area (TPSA) is 66.4 Å². The number of anilines is 1. The Morgan fingerprint density at radius 1 is 1.22 bits per heavy atom. The highest BCUT2D eigenvalue weighted by molar-refractivity contribution is 6.35. The summed E-state index contributed by atoms with van der Waals surface area (Å²) in [7, 11) is 0.